The van der Waals surface area contributed by atoms with Crippen LogP contribution in [-0.2, 0) is 14.8 Å². The highest BCUT2D eigenvalue weighted by Crippen LogP contribution is 2.31. The molecule has 0 heterocycles. The van der Waals surface area contributed by atoms with E-state index in [0.717, 1.165) is 6.08 Å². The number of benzene rings is 1. The Labute approximate surface area is 127 Å². The number of rotatable bonds is 5. The smallest absolute Gasteiger partial charge is 0.328 e. The minimum absolute atomic E-state index is 0.0734. The van der Waals surface area contributed by atoms with Gasteiger partial charge in [0.05, 0.1) is 10.0 Å². The quantitative estimate of drug-likeness (QED) is 0.809. The summed E-state index contributed by atoms with van der Waals surface area (Å²) in [6.45, 7) is 3.34. The standard InChI is InChI=1S/C12H13Cl2NO4S/c1-7(2)15-20(18,19)12-9(13)5-8(6-10(12)14)3-4-11(16)17/h3-7,15H,1-2H3,(H,16,17). The molecule has 5 nitrogen and oxygen atoms in total. The third kappa shape index (κ3) is 4.49. The molecule has 2 N–H and O–H groups in total. The van der Waals surface area contributed by atoms with Crippen molar-refractivity contribution in [2.75, 3.05) is 0 Å². The maximum Gasteiger partial charge on any atom is 0.328 e. The summed E-state index contributed by atoms with van der Waals surface area (Å²) in [6, 6.07) is 2.36. The molecule has 0 spiro atoms. The van der Waals surface area contributed by atoms with Gasteiger partial charge in [-0.15, -0.1) is 0 Å². The molecule has 0 aliphatic rings. The molecule has 0 saturated carbocycles. The van der Waals surface area contributed by atoms with E-state index >= 15 is 0 Å². The van der Waals surface area contributed by atoms with Crippen LogP contribution in [0.5, 0.6) is 0 Å². The van der Waals surface area contributed by atoms with E-state index in [0.29, 0.717) is 5.56 Å². The van der Waals surface area contributed by atoms with Crippen LogP contribution in [-0.4, -0.2) is 25.5 Å². The van der Waals surface area contributed by atoms with Crippen molar-refractivity contribution in [3.05, 3.63) is 33.8 Å². The lowest BCUT2D eigenvalue weighted by atomic mass is 10.2. The van der Waals surface area contributed by atoms with Crippen LogP contribution in [0.15, 0.2) is 23.1 Å². The van der Waals surface area contributed by atoms with Crippen LogP contribution in [0, 0.1) is 0 Å². The van der Waals surface area contributed by atoms with Crippen LogP contribution < -0.4 is 4.72 Å². The van der Waals surface area contributed by atoms with Crippen molar-refractivity contribution in [2.24, 2.45) is 0 Å². The number of sulfonamides is 1. The molecule has 0 fully saturated rings. The maximum atomic E-state index is 12.1. The van der Waals surface area contributed by atoms with Crippen molar-refractivity contribution in [1.82, 2.24) is 4.72 Å². The SMILES string of the molecule is CC(C)NS(=O)(=O)c1c(Cl)cc(C=CC(=O)O)cc1Cl. The highest BCUT2D eigenvalue weighted by atomic mass is 35.5. The lowest BCUT2D eigenvalue weighted by Gasteiger charge is -2.13. The highest BCUT2D eigenvalue weighted by Gasteiger charge is 2.23. The monoisotopic (exact) mass is 337 g/mol. The van der Waals surface area contributed by atoms with E-state index in [-0.39, 0.29) is 21.0 Å². The van der Waals surface area contributed by atoms with Crippen LogP contribution in [0.4, 0.5) is 0 Å². The molecule has 20 heavy (non-hydrogen) atoms. The van der Waals surface area contributed by atoms with Gasteiger partial charge < -0.3 is 5.11 Å². The van der Waals surface area contributed by atoms with Gasteiger partial charge in [0, 0.05) is 12.1 Å². The first kappa shape index (κ1) is 17.0. The lowest BCUT2D eigenvalue weighted by Crippen LogP contribution is -2.30. The fourth-order valence-corrected chi connectivity index (χ4v) is 3.95. The molecule has 0 bridgehead atoms. The van der Waals surface area contributed by atoms with E-state index in [1.807, 2.05) is 0 Å². The van der Waals surface area contributed by atoms with Gasteiger partial charge in [0.15, 0.2) is 0 Å². The predicted molar refractivity (Wildman–Crippen MR) is 78.6 cm³/mol. The summed E-state index contributed by atoms with van der Waals surface area (Å²) < 4.78 is 26.5. The molecular formula is C12H13Cl2NO4S. The number of halogens is 2. The van der Waals surface area contributed by atoms with Gasteiger partial charge in [0.1, 0.15) is 4.90 Å². The van der Waals surface area contributed by atoms with Crippen molar-refractivity contribution in [2.45, 2.75) is 24.8 Å². The average Bonchev–Trinajstić information content (AvgIpc) is 2.22. The van der Waals surface area contributed by atoms with Gasteiger partial charge >= 0.3 is 5.97 Å². The van der Waals surface area contributed by atoms with E-state index in [4.69, 9.17) is 28.3 Å². The first-order valence-electron chi connectivity index (χ1n) is 5.56. The molecule has 0 unspecified atom stereocenters. The van der Waals surface area contributed by atoms with Crippen molar-refractivity contribution in [3.8, 4) is 0 Å². The third-order valence-electron chi connectivity index (χ3n) is 2.10. The fourth-order valence-electron chi connectivity index (χ4n) is 1.47. The number of aliphatic carboxylic acids is 1. The van der Waals surface area contributed by atoms with Crippen molar-refractivity contribution < 1.29 is 18.3 Å². The Kier molecular flexibility index (Phi) is 5.59. The Morgan fingerprint density at radius 2 is 1.80 bits per heavy atom. The normalized spacial score (nSPS) is 12.2. The second-order valence-corrected chi connectivity index (χ2v) is 6.73. The molecule has 8 heteroatoms. The Bertz CT molecular complexity index is 630. The highest BCUT2D eigenvalue weighted by molar-refractivity contribution is 7.89. The van der Waals surface area contributed by atoms with E-state index in [9.17, 15) is 13.2 Å². The molecule has 110 valence electrons. The number of hydrogen-bond donors (Lipinski definition) is 2. The van der Waals surface area contributed by atoms with Gasteiger partial charge in [-0.1, -0.05) is 23.2 Å². The van der Waals surface area contributed by atoms with Gasteiger partial charge in [-0.05, 0) is 37.6 Å². The summed E-state index contributed by atoms with van der Waals surface area (Å²) >= 11 is 11.9. The number of carboxylic acid groups (broad SMARTS) is 1. The minimum Gasteiger partial charge on any atom is -0.478 e. The number of nitrogens with one attached hydrogen (secondary N) is 1. The molecule has 0 atom stereocenters. The van der Waals surface area contributed by atoms with E-state index in [1.165, 1.54) is 18.2 Å². The summed E-state index contributed by atoms with van der Waals surface area (Å²) in [6.07, 6.45) is 2.18. The largest absolute Gasteiger partial charge is 0.478 e. The molecule has 0 aliphatic heterocycles. The summed E-state index contributed by atoms with van der Waals surface area (Å²) in [5.41, 5.74) is 0.394. The van der Waals surface area contributed by atoms with Crippen LogP contribution in [0.25, 0.3) is 6.08 Å². The second-order valence-electron chi connectivity index (χ2n) is 4.26. The summed E-state index contributed by atoms with van der Waals surface area (Å²) in [5.74, 6) is -1.13. The topological polar surface area (TPSA) is 83.5 Å². The van der Waals surface area contributed by atoms with Crippen LogP contribution in [0.2, 0.25) is 10.0 Å². The predicted octanol–water partition coefficient (Wildman–Crippen LogP) is 2.78. The molecule has 0 aliphatic carbocycles. The van der Waals surface area contributed by atoms with E-state index in [1.54, 1.807) is 13.8 Å². The Morgan fingerprint density at radius 1 is 1.30 bits per heavy atom. The van der Waals surface area contributed by atoms with Gasteiger partial charge in [-0.3, -0.25) is 0 Å². The van der Waals surface area contributed by atoms with E-state index < -0.39 is 16.0 Å². The maximum absolute atomic E-state index is 12.1. The molecular weight excluding hydrogens is 325 g/mol. The number of carboxylic acids is 1. The van der Waals surface area contributed by atoms with Crippen LogP contribution in [0.1, 0.15) is 19.4 Å². The number of carbonyl (C=O) groups is 1. The Morgan fingerprint density at radius 3 is 2.20 bits per heavy atom. The zero-order chi connectivity index (χ0) is 15.5. The van der Waals surface area contributed by atoms with E-state index in [2.05, 4.69) is 4.72 Å². The molecule has 1 aromatic carbocycles. The third-order valence-corrected chi connectivity index (χ3v) is 4.68. The van der Waals surface area contributed by atoms with Gasteiger partial charge in [-0.2, -0.15) is 0 Å². The second kappa shape index (κ2) is 6.58. The Hall–Kier alpha value is -1.08. The lowest BCUT2D eigenvalue weighted by molar-refractivity contribution is -0.131. The zero-order valence-corrected chi connectivity index (χ0v) is 13.1. The fraction of sp³-hybridized carbons (Fsp3) is 0.250. The summed E-state index contributed by atoms with van der Waals surface area (Å²) in [4.78, 5) is 10.2. The molecule has 1 rings (SSSR count). The van der Waals surface area contributed by atoms with Gasteiger partial charge in [0.25, 0.3) is 0 Å². The Balaban J connectivity index is 3.29. The molecule has 0 amide bonds. The van der Waals surface area contributed by atoms with Crippen LogP contribution >= 0.6 is 23.2 Å². The molecule has 0 radical (unpaired) electrons. The molecule has 0 aromatic heterocycles. The summed E-state index contributed by atoms with van der Waals surface area (Å²) in [5, 5.41) is 8.39. The first-order chi connectivity index (χ1) is 9.13. The van der Waals surface area contributed by atoms with Crippen molar-refractivity contribution in [3.63, 3.8) is 0 Å². The molecule has 0 saturated heterocycles. The minimum atomic E-state index is -3.82. The number of hydrogen-bond acceptors (Lipinski definition) is 3. The van der Waals surface area contributed by atoms with Gasteiger partial charge in [-0.25, -0.2) is 17.9 Å². The van der Waals surface area contributed by atoms with Crippen molar-refractivity contribution >= 4 is 45.3 Å². The van der Waals surface area contributed by atoms with Crippen LogP contribution in [0.3, 0.4) is 0 Å². The average molecular weight is 338 g/mol. The van der Waals surface area contributed by atoms with Gasteiger partial charge in [0.2, 0.25) is 10.0 Å². The van der Waals surface area contributed by atoms with Crippen molar-refractivity contribution in [1.29, 1.82) is 0 Å². The zero-order valence-electron chi connectivity index (χ0n) is 10.7. The molecule has 1 aromatic rings. The summed E-state index contributed by atoms with van der Waals surface area (Å²) in [7, 11) is -3.82. The first-order valence-corrected chi connectivity index (χ1v) is 7.80.